The summed E-state index contributed by atoms with van der Waals surface area (Å²) in [5, 5.41) is 3.50. The van der Waals surface area contributed by atoms with E-state index >= 15 is 0 Å². The van der Waals surface area contributed by atoms with Crippen molar-refractivity contribution in [2.45, 2.75) is 24.9 Å². The fraction of sp³-hybridized carbons (Fsp3) is 0.391. The van der Waals surface area contributed by atoms with Gasteiger partial charge in [-0.15, -0.1) is 0 Å². The quantitative estimate of drug-likeness (QED) is 0.624. The summed E-state index contributed by atoms with van der Waals surface area (Å²) in [6, 6.07) is 9.14. The van der Waals surface area contributed by atoms with Crippen LogP contribution >= 0.6 is 11.6 Å². The van der Waals surface area contributed by atoms with E-state index in [2.05, 4.69) is 22.2 Å². The summed E-state index contributed by atoms with van der Waals surface area (Å²) < 4.78 is 16.5. The molecule has 3 heterocycles. The second-order valence-corrected chi connectivity index (χ2v) is 8.58. The van der Waals surface area contributed by atoms with Gasteiger partial charge in [0.15, 0.2) is 11.5 Å². The number of hydrogen-bond acceptors (Lipinski definition) is 6. The standard InChI is InChI=1S/C23H25ClN4O4/c1-28-6-5-13(9-19(28)22-26-17-4-3-14(30-2)10-18(17)27-22)25-23(29)15-11-20-21(12-16(15)24)32-8-7-31-20/h3-4,10-13,19H,5-9H2,1-2H3,(H,25,29)(H,26,27). The van der Waals surface area contributed by atoms with Crippen molar-refractivity contribution < 1.29 is 19.0 Å². The number of imidazole rings is 1. The number of carbonyl (C=O) groups is 1. The Bertz CT molecular complexity index is 1160. The number of hydrogen-bond donors (Lipinski definition) is 2. The van der Waals surface area contributed by atoms with Crippen molar-refractivity contribution in [1.82, 2.24) is 20.2 Å². The topological polar surface area (TPSA) is 88.7 Å². The molecular formula is C23H25ClN4O4. The van der Waals surface area contributed by atoms with Crippen molar-refractivity contribution in [3.63, 3.8) is 0 Å². The lowest BCUT2D eigenvalue weighted by Crippen LogP contribution is -2.45. The van der Waals surface area contributed by atoms with E-state index in [-0.39, 0.29) is 18.0 Å². The lowest BCUT2D eigenvalue weighted by Gasteiger charge is -2.36. The minimum absolute atomic E-state index is 0.00397. The molecule has 0 bridgehead atoms. The molecule has 1 fully saturated rings. The Morgan fingerprint density at radius 1 is 1.25 bits per heavy atom. The van der Waals surface area contributed by atoms with Gasteiger partial charge in [-0.3, -0.25) is 9.69 Å². The van der Waals surface area contributed by atoms with Crippen molar-refractivity contribution in [1.29, 1.82) is 0 Å². The molecule has 5 rings (SSSR count). The molecule has 1 aromatic heterocycles. The SMILES string of the molecule is COc1ccc2nc(C3CC(NC(=O)c4cc5c(cc4Cl)OCCO5)CCN3C)[nH]c2c1. The number of likely N-dealkylation sites (tertiary alicyclic amines) is 1. The maximum absolute atomic E-state index is 13.0. The fourth-order valence-electron chi connectivity index (χ4n) is 4.33. The van der Waals surface area contributed by atoms with Crippen molar-refractivity contribution in [3.05, 3.63) is 46.7 Å². The molecule has 2 N–H and O–H groups in total. The zero-order valence-electron chi connectivity index (χ0n) is 18.0. The Labute approximate surface area is 190 Å². The molecule has 2 atom stereocenters. The van der Waals surface area contributed by atoms with Gasteiger partial charge in [0.25, 0.3) is 5.91 Å². The van der Waals surface area contributed by atoms with Gasteiger partial charge >= 0.3 is 0 Å². The van der Waals surface area contributed by atoms with Crippen LogP contribution in [-0.2, 0) is 0 Å². The van der Waals surface area contributed by atoms with Gasteiger partial charge in [0.2, 0.25) is 0 Å². The fourth-order valence-corrected chi connectivity index (χ4v) is 4.57. The van der Waals surface area contributed by atoms with Crippen molar-refractivity contribution in [2.24, 2.45) is 0 Å². The molecule has 2 aliphatic heterocycles. The molecule has 1 saturated heterocycles. The number of nitrogens with zero attached hydrogens (tertiary/aromatic N) is 2. The second kappa shape index (κ2) is 8.52. The molecule has 9 heteroatoms. The number of H-pyrrole nitrogens is 1. The van der Waals surface area contributed by atoms with Crippen LogP contribution in [0, 0.1) is 0 Å². The first kappa shape index (κ1) is 20.9. The minimum atomic E-state index is -0.213. The average Bonchev–Trinajstić information content (AvgIpc) is 3.22. The number of aromatic nitrogens is 2. The van der Waals surface area contributed by atoms with Gasteiger partial charge in [-0.1, -0.05) is 11.6 Å². The van der Waals surface area contributed by atoms with Crippen molar-refractivity contribution in [2.75, 3.05) is 33.9 Å². The maximum atomic E-state index is 13.0. The first-order chi connectivity index (χ1) is 15.5. The van der Waals surface area contributed by atoms with Crippen LogP contribution < -0.4 is 19.5 Å². The number of rotatable bonds is 4. The Balaban J connectivity index is 1.33. The van der Waals surface area contributed by atoms with Gasteiger partial charge < -0.3 is 24.5 Å². The summed E-state index contributed by atoms with van der Waals surface area (Å²) in [6.45, 7) is 1.76. The van der Waals surface area contributed by atoms with E-state index < -0.39 is 0 Å². The van der Waals surface area contributed by atoms with E-state index in [1.54, 1.807) is 19.2 Å². The van der Waals surface area contributed by atoms with Crippen LogP contribution in [0.25, 0.3) is 11.0 Å². The number of carbonyl (C=O) groups excluding carboxylic acids is 1. The van der Waals surface area contributed by atoms with Gasteiger partial charge in [-0.25, -0.2) is 4.98 Å². The summed E-state index contributed by atoms with van der Waals surface area (Å²) in [7, 11) is 3.72. The number of fused-ring (bicyclic) bond motifs is 2. The van der Waals surface area contributed by atoms with Crippen LogP contribution in [0.15, 0.2) is 30.3 Å². The van der Waals surface area contributed by atoms with Gasteiger partial charge in [-0.05, 0) is 38.1 Å². The molecule has 0 spiro atoms. The third-order valence-corrected chi connectivity index (χ3v) is 6.42. The Morgan fingerprint density at radius 2 is 2.03 bits per heavy atom. The number of methoxy groups -OCH3 is 1. The first-order valence-corrected chi connectivity index (χ1v) is 11.0. The highest BCUT2D eigenvalue weighted by molar-refractivity contribution is 6.34. The Hall–Kier alpha value is -2.97. The monoisotopic (exact) mass is 456 g/mol. The number of ether oxygens (including phenoxy) is 3. The van der Waals surface area contributed by atoms with Crippen LogP contribution in [0.5, 0.6) is 17.2 Å². The van der Waals surface area contributed by atoms with E-state index in [1.165, 1.54) is 0 Å². The van der Waals surface area contributed by atoms with Crippen LogP contribution in [0.3, 0.4) is 0 Å². The van der Waals surface area contributed by atoms with Gasteiger partial charge in [0.1, 0.15) is 24.8 Å². The predicted molar refractivity (Wildman–Crippen MR) is 121 cm³/mol. The number of benzene rings is 2. The highest BCUT2D eigenvalue weighted by Crippen LogP contribution is 2.36. The highest BCUT2D eigenvalue weighted by atomic mass is 35.5. The Morgan fingerprint density at radius 3 is 2.81 bits per heavy atom. The lowest BCUT2D eigenvalue weighted by molar-refractivity contribution is 0.0883. The molecule has 2 aliphatic rings. The van der Waals surface area contributed by atoms with Crippen molar-refractivity contribution in [3.8, 4) is 17.2 Å². The molecule has 2 unspecified atom stereocenters. The molecular weight excluding hydrogens is 432 g/mol. The maximum Gasteiger partial charge on any atom is 0.253 e. The third-order valence-electron chi connectivity index (χ3n) is 6.10. The normalized spacial score (nSPS) is 20.8. The van der Waals surface area contributed by atoms with Crippen molar-refractivity contribution >= 4 is 28.5 Å². The van der Waals surface area contributed by atoms with Gasteiger partial charge in [-0.2, -0.15) is 0 Å². The number of amides is 1. The zero-order valence-corrected chi connectivity index (χ0v) is 18.7. The molecule has 2 aromatic carbocycles. The van der Waals surface area contributed by atoms with Crippen LogP contribution in [0.1, 0.15) is 35.1 Å². The smallest absolute Gasteiger partial charge is 0.253 e. The molecule has 3 aromatic rings. The van der Waals surface area contributed by atoms with Gasteiger partial charge in [0.05, 0.1) is 34.8 Å². The number of halogens is 1. The lowest BCUT2D eigenvalue weighted by atomic mass is 9.96. The van der Waals surface area contributed by atoms with E-state index in [4.69, 9.17) is 30.8 Å². The molecule has 0 radical (unpaired) electrons. The Kier molecular flexibility index (Phi) is 5.57. The van der Waals surface area contributed by atoms with E-state index in [0.29, 0.717) is 35.3 Å². The molecule has 8 nitrogen and oxygen atoms in total. The highest BCUT2D eigenvalue weighted by Gasteiger charge is 2.31. The molecule has 32 heavy (non-hydrogen) atoms. The molecule has 168 valence electrons. The first-order valence-electron chi connectivity index (χ1n) is 10.7. The second-order valence-electron chi connectivity index (χ2n) is 8.17. The third kappa shape index (κ3) is 3.96. The van der Waals surface area contributed by atoms with E-state index in [9.17, 15) is 4.79 Å². The minimum Gasteiger partial charge on any atom is -0.497 e. The summed E-state index contributed by atoms with van der Waals surface area (Å²) in [5.74, 6) is 2.57. The average molecular weight is 457 g/mol. The summed E-state index contributed by atoms with van der Waals surface area (Å²) >= 11 is 6.36. The largest absolute Gasteiger partial charge is 0.497 e. The number of nitrogens with one attached hydrogen (secondary N) is 2. The van der Waals surface area contributed by atoms with E-state index in [1.807, 2.05) is 18.2 Å². The predicted octanol–water partition coefficient (Wildman–Crippen LogP) is 3.56. The summed E-state index contributed by atoms with van der Waals surface area (Å²) in [6.07, 6.45) is 1.58. The summed E-state index contributed by atoms with van der Waals surface area (Å²) in [4.78, 5) is 23.5. The molecule has 0 saturated carbocycles. The number of aromatic amines is 1. The number of piperidine rings is 1. The molecule has 0 aliphatic carbocycles. The zero-order chi connectivity index (χ0) is 22.2. The van der Waals surface area contributed by atoms with E-state index in [0.717, 1.165) is 42.0 Å². The van der Waals surface area contributed by atoms with Crippen LogP contribution in [0.4, 0.5) is 0 Å². The molecule has 1 amide bonds. The van der Waals surface area contributed by atoms with Crippen LogP contribution in [0.2, 0.25) is 5.02 Å². The van der Waals surface area contributed by atoms with Gasteiger partial charge in [0, 0.05) is 24.7 Å². The summed E-state index contributed by atoms with van der Waals surface area (Å²) in [5.41, 5.74) is 2.22. The van der Waals surface area contributed by atoms with Crippen LogP contribution in [-0.4, -0.2) is 60.7 Å².